The molecule has 1 N–H and O–H groups in total. The van der Waals surface area contributed by atoms with E-state index in [4.69, 9.17) is 9.15 Å². The standard InChI is InChI=1S/C18H14N2O3/c1-11(21)22-10-12-6-7-16(23-12)18-17-14(8-9-19-18)13-4-2-3-5-15(13)20-17/h2-9,20H,10H2,1H3. The summed E-state index contributed by atoms with van der Waals surface area (Å²) in [5.74, 6) is 0.896. The van der Waals surface area contributed by atoms with Gasteiger partial charge in [0, 0.05) is 29.4 Å². The number of hydrogen-bond acceptors (Lipinski definition) is 4. The Morgan fingerprint density at radius 3 is 2.91 bits per heavy atom. The van der Waals surface area contributed by atoms with E-state index in [2.05, 4.69) is 16.0 Å². The first-order valence-electron chi connectivity index (χ1n) is 7.30. The molecule has 0 amide bonds. The van der Waals surface area contributed by atoms with Crippen molar-refractivity contribution in [1.82, 2.24) is 9.97 Å². The average Bonchev–Trinajstić information content (AvgIpc) is 3.17. The third-order valence-electron chi connectivity index (χ3n) is 3.74. The molecule has 0 bridgehead atoms. The number of rotatable bonds is 3. The smallest absolute Gasteiger partial charge is 0.303 e. The second-order valence-corrected chi connectivity index (χ2v) is 5.30. The van der Waals surface area contributed by atoms with Gasteiger partial charge in [-0.3, -0.25) is 9.78 Å². The van der Waals surface area contributed by atoms with Crippen molar-refractivity contribution in [2.75, 3.05) is 0 Å². The molecule has 0 aliphatic heterocycles. The molecule has 4 aromatic rings. The minimum Gasteiger partial charge on any atom is -0.458 e. The van der Waals surface area contributed by atoms with Crippen LogP contribution in [0.1, 0.15) is 12.7 Å². The van der Waals surface area contributed by atoms with Crippen molar-refractivity contribution in [2.45, 2.75) is 13.5 Å². The normalized spacial score (nSPS) is 11.2. The fraction of sp³-hybridized carbons (Fsp3) is 0.111. The molecule has 3 heterocycles. The summed E-state index contributed by atoms with van der Waals surface area (Å²) in [6.45, 7) is 1.49. The van der Waals surface area contributed by atoms with Crippen LogP contribution in [-0.4, -0.2) is 15.9 Å². The number of aromatic nitrogens is 2. The Kier molecular flexibility index (Phi) is 3.12. The lowest BCUT2D eigenvalue weighted by Gasteiger charge is -2.00. The maximum absolute atomic E-state index is 10.9. The molecule has 1 aromatic carbocycles. The van der Waals surface area contributed by atoms with Gasteiger partial charge in [-0.1, -0.05) is 18.2 Å². The summed E-state index contributed by atoms with van der Waals surface area (Å²) in [6, 6.07) is 13.7. The van der Waals surface area contributed by atoms with E-state index in [1.54, 1.807) is 12.3 Å². The summed E-state index contributed by atoms with van der Waals surface area (Å²) in [5.41, 5.74) is 2.73. The lowest BCUT2D eigenvalue weighted by atomic mass is 10.1. The van der Waals surface area contributed by atoms with Gasteiger partial charge in [-0.15, -0.1) is 0 Å². The van der Waals surface area contributed by atoms with Gasteiger partial charge in [-0.2, -0.15) is 0 Å². The van der Waals surface area contributed by atoms with Crippen molar-refractivity contribution < 1.29 is 13.9 Å². The second-order valence-electron chi connectivity index (χ2n) is 5.30. The number of nitrogens with one attached hydrogen (secondary N) is 1. The molecule has 5 heteroatoms. The first kappa shape index (κ1) is 13.6. The van der Waals surface area contributed by atoms with E-state index in [0.29, 0.717) is 11.5 Å². The molecule has 5 nitrogen and oxygen atoms in total. The molecule has 0 aliphatic rings. The number of ether oxygens (including phenoxy) is 1. The SMILES string of the molecule is CC(=O)OCc1ccc(-c2nccc3c2[nH]c2ccccc23)o1. The van der Waals surface area contributed by atoms with E-state index < -0.39 is 0 Å². The quantitative estimate of drug-likeness (QED) is 0.580. The van der Waals surface area contributed by atoms with Crippen LogP contribution < -0.4 is 0 Å². The summed E-state index contributed by atoms with van der Waals surface area (Å²) in [5, 5.41) is 2.25. The van der Waals surface area contributed by atoms with Crippen molar-refractivity contribution in [2.24, 2.45) is 0 Å². The molecule has 4 rings (SSSR count). The fourth-order valence-corrected chi connectivity index (χ4v) is 2.72. The fourth-order valence-electron chi connectivity index (χ4n) is 2.72. The Hall–Kier alpha value is -3.08. The molecule has 23 heavy (non-hydrogen) atoms. The lowest BCUT2D eigenvalue weighted by Crippen LogP contribution is -1.97. The van der Waals surface area contributed by atoms with Gasteiger partial charge in [0.05, 0.1) is 5.52 Å². The Balaban J connectivity index is 1.81. The molecule has 0 spiro atoms. The first-order valence-corrected chi connectivity index (χ1v) is 7.30. The van der Waals surface area contributed by atoms with Gasteiger partial charge in [0.25, 0.3) is 0 Å². The molecule has 0 saturated carbocycles. The Labute approximate surface area is 131 Å². The number of nitrogens with zero attached hydrogens (tertiary/aromatic N) is 1. The molecule has 0 saturated heterocycles. The summed E-state index contributed by atoms with van der Waals surface area (Å²) in [4.78, 5) is 18.7. The second kappa shape index (κ2) is 5.28. The summed E-state index contributed by atoms with van der Waals surface area (Å²) in [6.07, 6.45) is 1.77. The van der Waals surface area contributed by atoms with E-state index in [-0.39, 0.29) is 12.6 Å². The maximum Gasteiger partial charge on any atom is 0.303 e. The number of esters is 1. The largest absolute Gasteiger partial charge is 0.458 e. The minimum absolute atomic E-state index is 0.123. The van der Waals surface area contributed by atoms with Crippen molar-refractivity contribution in [1.29, 1.82) is 0 Å². The van der Waals surface area contributed by atoms with Crippen LogP contribution in [0.5, 0.6) is 0 Å². The van der Waals surface area contributed by atoms with Gasteiger partial charge in [-0.05, 0) is 24.3 Å². The highest BCUT2D eigenvalue weighted by molar-refractivity contribution is 6.10. The number of fused-ring (bicyclic) bond motifs is 3. The van der Waals surface area contributed by atoms with E-state index in [0.717, 1.165) is 27.5 Å². The zero-order chi connectivity index (χ0) is 15.8. The molecular weight excluding hydrogens is 292 g/mol. The van der Waals surface area contributed by atoms with Crippen molar-refractivity contribution in [3.05, 3.63) is 54.4 Å². The molecule has 114 valence electrons. The third-order valence-corrected chi connectivity index (χ3v) is 3.74. The van der Waals surface area contributed by atoms with Crippen LogP contribution in [0, 0.1) is 0 Å². The number of furan rings is 1. The summed E-state index contributed by atoms with van der Waals surface area (Å²) >= 11 is 0. The average molecular weight is 306 g/mol. The van der Waals surface area contributed by atoms with Crippen LogP contribution in [0.4, 0.5) is 0 Å². The van der Waals surface area contributed by atoms with Crippen LogP contribution in [0.3, 0.4) is 0 Å². The number of hydrogen-bond donors (Lipinski definition) is 1. The summed E-state index contributed by atoms with van der Waals surface area (Å²) in [7, 11) is 0. The Morgan fingerprint density at radius 1 is 1.17 bits per heavy atom. The molecule has 3 aromatic heterocycles. The van der Waals surface area contributed by atoms with Gasteiger partial charge < -0.3 is 14.1 Å². The number of carbonyl (C=O) groups is 1. The van der Waals surface area contributed by atoms with Crippen LogP contribution in [0.2, 0.25) is 0 Å². The number of aromatic amines is 1. The van der Waals surface area contributed by atoms with Crippen LogP contribution in [0.15, 0.2) is 53.1 Å². The van der Waals surface area contributed by atoms with Gasteiger partial charge >= 0.3 is 5.97 Å². The van der Waals surface area contributed by atoms with Crippen LogP contribution in [0.25, 0.3) is 33.3 Å². The number of pyridine rings is 1. The van der Waals surface area contributed by atoms with Crippen molar-refractivity contribution in [3.8, 4) is 11.5 Å². The highest BCUT2D eigenvalue weighted by atomic mass is 16.5. The number of H-pyrrole nitrogens is 1. The van der Waals surface area contributed by atoms with Crippen LogP contribution in [-0.2, 0) is 16.1 Å². The topological polar surface area (TPSA) is 68.1 Å². The zero-order valence-corrected chi connectivity index (χ0v) is 12.5. The third kappa shape index (κ3) is 2.36. The lowest BCUT2D eigenvalue weighted by molar-refractivity contribution is -0.142. The Bertz CT molecular complexity index is 1010. The monoisotopic (exact) mass is 306 g/mol. The Morgan fingerprint density at radius 2 is 2.04 bits per heavy atom. The predicted molar refractivity (Wildman–Crippen MR) is 86.8 cm³/mol. The van der Waals surface area contributed by atoms with E-state index in [1.807, 2.05) is 30.3 Å². The number of benzene rings is 1. The molecule has 0 fully saturated rings. The van der Waals surface area contributed by atoms with Gasteiger partial charge in [-0.25, -0.2) is 0 Å². The highest BCUT2D eigenvalue weighted by Gasteiger charge is 2.14. The molecular formula is C18H14N2O3. The molecule has 0 radical (unpaired) electrons. The van der Waals surface area contributed by atoms with Gasteiger partial charge in [0.15, 0.2) is 5.76 Å². The highest BCUT2D eigenvalue weighted by Crippen LogP contribution is 2.32. The van der Waals surface area contributed by atoms with E-state index in [1.165, 1.54) is 6.92 Å². The van der Waals surface area contributed by atoms with Crippen molar-refractivity contribution in [3.63, 3.8) is 0 Å². The van der Waals surface area contributed by atoms with E-state index in [9.17, 15) is 4.79 Å². The predicted octanol–water partition coefficient (Wildman–Crippen LogP) is 4.04. The van der Waals surface area contributed by atoms with Crippen LogP contribution >= 0.6 is 0 Å². The zero-order valence-electron chi connectivity index (χ0n) is 12.5. The first-order chi connectivity index (χ1) is 11.2. The maximum atomic E-state index is 10.9. The molecule has 0 atom stereocenters. The van der Waals surface area contributed by atoms with Gasteiger partial charge in [0.1, 0.15) is 18.1 Å². The number of para-hydroxylation sites is 1. The molecule has 0 aliphatic carbocycles. The van der Waals surface area contributed by atoms with Gasteiger partial charge in [0.2, 0.25) is 0 Å². The van der Waals surface area contributed by atoms with E-state index >= 15 is 0 Å². The van der Waals surface area contributed by atoms with Crippen molar-refractivity contribution >= 4 is 27.8 Å². The number of carbonyl (C=O) groups excluding carboxylic acids is 1. The molecule has 0 unspecified atom stereocenters. The minimum atomic E-state index is -0.334. The summed E-state index contributed by atoms with van der Waals surface area (Å²) < 4.78 is 10.7.